The van der Waals surface area contributed by atoms with Crippen LogP contribution in [0.25, 0.3) is 0 Å². The van der Waals surface area contributed by atoms with Crippen LogP contribution in [0.3, 0.4) is 0 Å². The molecule has 0 aliphatic carbocycles. The van der Waals surface area contributed by atoms with Gasteiger partial charge in [-0.25, -0.2) is 0 Å². The molecule has 1 aliphatic heterocycles. The highest BCUT2D eigenvalue weighted by Crippen LogP contribution is 2.31. The summed E-state index contributed by atoms with van der Waals surface area (Å²) < 4.78 is 5.99. The summed E-state index contributed by atoms with van der Waals surface area (Å²) in [7, 11) is 3.29. The van der Waals surface area contributed by atoms with Gasteiger partial charge in [-0.3, -0.25) is 0 Å². The van der Waals surface area contributed by atoms with Crippen molar-refractivity contribution in [2.75, 3.05) is 6.61 Å². The minimum absolute atomic E-state index is 0.102. The monoisotopic (exact) mass is 218 g/mol. The van der Waals surface area contributed by atoms with Gasteiger partial charge in [-0.05, 0) is 24.8 Å². The number of hydrogen-bond acceptors (Lipinski definition) is 1. The van der Waals surface area contributed by atoms with E-state index in [1.165, 1.54) is 30.4 Å². The molecule has 0 radical (unpaired) electrons. The Balaban J connectivity index is 2.20. The Hall–Kier alpha value is -0.538. The van der Waals surface area contributed by atoms with Gasteiger partial charge < -0.3 is 4.74 Å². The summed E-state index contributed by atoms with van der Waals surface area (Å²) in [5, 5.41) is 0.102. The second-order valence-corrected chi connectivity index (χ2v) is 6.20. The van der Waals surface area contributed by atoms with Crippen LogP contribution in [0.15, 0.2) is 24.3 Å². The zero-order valence-electron chi connectivity index (χ0n) is 9.75. The lowest BCUT2D eigenvalue weighted by Crippen LogP contribution is -2.33. The van der Waals surface area contributed by atoms with E-state index in [9.17, 15) is 0 Å². The van der Waals surface area contributed by atoms with Gasteiger partial charge in [-0.15, -0.1) is 0 Å². The summed E-state index contributed by atoms with van der Waals surface area (Å²) in [5.74, 6) is 0. The molecule has 15 heavy (non-hydrogen) atoms. The van der Waals surface area contributed by atoms with Crippen molar-refractivity contribution in [3.8, 4) is 0 Å². The van der Waals surface area contributed by atoms with Crippen molar-refractivity contribution in [1.29, 1.82) is 0 Å². The van der Waals surface area contributed by atoms with Crippen molar-refractivity contribution in [1.82, 2.24) is 0 Å². The van der Waals surface area contributed by atoms with E-state index in [0.29, 0.717) is 0 Å². The first kappa shape index (κ1) is 11.0. The average molecular weight is 218 g/mol. The van der Waals surface area contributed by atoms with Gasteiger partial charge in [0, 0.05) is 16.8 Å². The molecule has 0 saturated carbocycles. The highest BCUT2D eigenvalue weighted by atomic mass is 28.1. The SMILES string of the molecule is BCc1ccc(C2([SiH3])CCCCO2)cc1. The summed E-state index contributed by atoms with van der Waals surface area (Å²) >= 11 is 0. The van der Waals surface area contributed by atoms with Gasteiger partial charge in [0.15, 0.2) is 0 Å². The summed E-state index contributed by atoms with van der Waals surface area (Å²) in [6, 6.07) is 9.01. The van der Waals surface area contributed by atoms with Crippen LogP contribution in [0.5, 0.6) is 0 Å². The second-order valence-electron chi connectivity index (χ2n) is 4.59. The third-order valence-corrected chi connectivity index (χ3v) is 4.81. The molecule has 0 aromatic heterocycles. The average Bonchev–Trinajstić information content (AvgIpc) is 2.30. The van der Waals surface area contributed by atoms with Crippen LogP contribution in [-0.4, -0.2) is 24.7 Å². The highest BCUT2D eigenvalue weighted by Gasteiger charge is 2.29. The zero-order valence-corrected chi connectivity index (χ0v) is 11.8. The first-order valence-corrected chi connectivity index (χ1v) is 6.98. The fourth-order valence-corrected chi connectivity index (χ4v) is 3.15. The number of rotatable bonds is 2. The van der Waals surface area contributed by atoms with Crippen LogP contribution >= 0.6 is 0 Å². The van der Waals surface area contributed by atoms with Crippen molar-refractivity contribution in [2.45, 2.75) is 30.8 Å². The molecule has 1 atom stereocenters. The fraction of sp³-hybridized carbons (Fsp3) is 0.500. The molecule has 80 valence electrons. The van der Waals surface area contributed by atoms with Crippen LogP contribution in [0, 0.1) is 0 Å². The third-order valence-electron chi connectivity index (χ3n) is 3.44. The Bertz CT molecular complexity index is 317. The quantitative estimate of drug-likeness (QED) is 0.658. The molecule has 2 rings (SSSR count). The second kappa shape index (κ2) is 4.54. The molecular weight excluding hydrogens is 199 g/mol. The Morgan fingerprint density at radius 3 is 2.53 bits per heavy atom. The normalized spacial score (nSPS) is 26.7. The lowest BCUT2D eigenvalue weighted by Gasteiger charge is -2.34. The lowest BCUT2D eigenvalue weighted by molar-refractivity contribution is -0.0210. The molecule has 1 aromatic rings. The molecular formula is C12H19BOSi. The van der Waals surface area contributed by atoms with Crippen molar-refractivity contribution in [2.24, 2.45) is 0 Å². The van der Waals surface area contributed by atoms with Crippen LogP contribution < -0.4 is 0 Å². The van der Waals surface area contributed by atoms with Crippen molar-refractivity contribution < 1.29 is 4.74 Å². The molecule has 1 unspecified atom stereocenters. The lowest BCUT2D eigenvalue weighted by atomic mass is 9.94. The van der Waals surface area contributed by atoms with E-state index in [2.05, 4.69) is 32.1 Å². The largest absolute Gasteiger partial charge is 0.375 e. The predicted octanol–water partition coefficient (Wildman–Crippen LogP) is 0.538. The Morgan fingerprint density at radius 2 is 2.00 bits per heavy atom. The molecule has 0 amide bonds. The first-order valence-electron chi connectivity index (χ1n) is 5.98. The summed E-state index contributed by atoms with van der Waals surface area (Å²) in [5.41, 5.74) is 2.81. The molecule has 0 N–H and O–H groups in total. The maximum Gasteiger partial charge on any atom is 0.107 e. The summed E-state index contributed by atoms with van der Waals surface area (Å²) in [6.07, 6.45) is 4.88. The van der Waals surface area contributed by atoms with Gasteiger partial charge in [0.05, 0.1) is 5.22 Å². The van der Waals surface area contributed by atoms with E-state index in [-0.39, 0.29) is 5.22 Å². The molecule has 1 aliphatic rings. The van der Waals surface area contributed by atoms with E-state index >= 15 is 0 Å². The summed E-state index contributed by atoms with van der Waals surface area (Å²) in [6.45, 7) is 0.943. The standard InChI is InChI=1S/C12H19BOSi/c13-9-10-3-5-11(6-4-10)12(15)7-1-2-8-14-12/h3-6H,1-2,7-9,13H2,15H3. The van der Waals surface area contributed by atoms with Crippen molar-refractivity contribution in [3.05, 3.63) is 35.4 Å². The van der Waals surface area contributed by atoms with Gasteiger partial charge in [0.25, 0.3) is 0 Å². The van der Waals surface area contributed by atoms with Crippen molar-refractivity contribution >= 4 is 18.1 Å². The topological polar surface area (TPSA) is 9.23 Å². The van der Waals surface area contributed by atoms with Gasteiger partial charge in [-0.1, -0.05) is 36.1 Å². The maximum atomic E-state index is 5.99. The minimum atomic E-state index is 0.102. The van der Waals surface area contributed by atoms with E-state index in [4.69, 9.17) is 4.74 Å². The molecule has 1 nitrogen and oxygen atoms in total. The van der Waals surface area contributed by atoms with Crippen LogP contribution in [0.2, 0.25) is 0 Å². The Morgan fingerprint density at radius 1 is 1.27 bits per heavy atom. The van der Waals surface area contributed by atoms with E-state index in [0.717, 1.165) is 23.2 Å². The van der Waals surface area contributed by atoms with Crippen LogP contribution in [0.1, 0.15) is 30.4 Å². The van der Waals surface area contributed by atoms with Gasteiger partial charge in [0.1, 0.15) is 7.85 Å². The Kier molecular flexibility index (Phi) is 3.32. The predicted molar refractivity (Wildman–Crippen MR) is 70.1 cm³/mol. The molecule has 1 aromatic carbocycles. The van der Waals surface area contributed by atoms with E-state index < -0.39 is 0 Å². The van der Waals surface area contributed by atoms with Gasteiger partial charge >= 0.3 is 0 Å². The van der Waals surface area contributed by atoms with E-state index in [1.807, 2.05) is 0 Å². The first-order chi connectivity index (χ1) is 7.24. The van der Waals surface area contributed by atoms with E-state index in [1.54, 1.807) is 0 Å². The number of ether oxygens (including phenoxy) is 1. The molecule has 0 spiro atoms. The van der Waals surface area contributed by atoms with Crippen molar-refractivity contribution in [3.63, 3.8) is 0 Å². The molecule has 1 fully saturated rings. The van der Waals surface area contributed by atoms with Gasteiger partial charge in [-0.2, -0.15) is 0 Å². The molecule has 1 saturated heterocycles. The molecule has 0 bridgehead atoms. The number of benzene rings is 1. The maximum absolute atomic E-state index is 5.99. The molecule has 1 heterocycles. The third kappa shape index (κ3) is 2.35. The minimum Gasteiger partial charge on any atom is -0.375 e. The summed E-state index contributed by atoms with van der Waals surface area (Å²) in [4.78, 5) is 0. The highest BCUT2D eigenvalue weighted by molar-refractivity contribution is 6.14. The van der Waals surface area contributed by atoms with Crippen LogP contribution in [-0.2, 0) is 16.3 Å². The Labute approximate surface area is 96.1 Å². The smallest absolute Gasteiger partial charge is 0.107 e. The number of hydrogen-bond donors (Lipinski definition) is 0. The van der Waals surface area contributed by atoms with Crippen LogP contribution in [0.4, 0.5) is 0 Å². The van der Waals surface area contributed by atoms with Gasteiger partial charge in [0.2, 0.25) is 0 Å². The fourth-order valence-electron chi connectivity index (χ4n) is 2.25. The zero-order chi connectivity index (χ0) is 10.7. The molecule has 3 heteroatoms.